The van der Waals surface area contributed by atoms with E-state index in [0.29, 0.717) is 0 Å². The molecule has 2 rings (SSSR count). The van der Waals surface area contributed by atoms with E-state index in [1.54, 1.807) is 19.6 Å². The van der Waals surface area contributed by atoms with E-state index in [1.165, 1.54) is 0 Å². The van der Waals surface area contributed by atoms with Gasteiger partial charge < -0.3 is 9.15 Å². The maximum absolute atomic E-state index is 5.22. The Bertz CT molecular complexity index is 434. The molecule has 0 radical (unpaired) electrons. The van der Waals surface area contributed by atoms with Gasteiger partial charge in [-0.25, -0.2) is 0 Å². The normalized spacial score (nSPS) is 10.1. The van der Waals surface area contributed by atoms with E-state index in [2.05, 4.69) is 4.98 Å². The first-order valence-electron chi connectivity index (χ1n) is 4.36. The second kappa shape index (κ2) is 3.54. The minimum absolute atomic E-state index is 0.761. The molecular formula is C11H11NO2. The molecular weight excluding hydrogens is 178 g/mol. The van der Waals surface area contributed by atoms with Gasteiger partial charge in [0.05, 0.1) is 13.4 Å². The molecule has 0 aromatic carbocycles. The first-order chi connectivity index (χ1) is 6.83. The van der Waals surface area contributed by atoms with Crippen molar-refractivity contribution in [1.29, 1.82) is 0 Å². The molecule has 3 heteroatoms. The highest BCUT2D eigenvalue weighted by atomic mass is 16.5. The molecule has 0 fully saturated rings. The van der Waals surface area contributed by atoms with Crippen LogP contribution < -0.4 is 4.74 Å². The number of hydrogen-bond donors (Lipinski definition) is 0. The Balaban J connectivity index is 2.56. The summed E-state index contributed by atoms with van der Waals surface area (Å²) in [6.45, 7) is 1.91. The second-order valence-electron chi connectivity index (χ2n) is 2.94. The van der Waals surface area contributed by atoms with Crippen LogP contribution in [0.4, 0.5) is 0 Å². The topological polar surface area (TPSA) is 35.3 Å². The molecule has 0 N–H and O–H groups in total. The summed E-state index contributed by atoms with van der Waals surface area (Å²) in [5.74, 6) is 1.61. The van der Waals surface area contributed by atoms with E-state index in [4.69, 9.17) is 9.15 Å². The number of methoxy groups -OCH3 is 1. The Morgan fingerprint density at radius 3 is 2.86 bits per heavy atom. The van der Waals surface area contributed by atoms with Gasteiger partial charge >= 0.3 is 0 Å². The van der Waals surface area contributed by atoms with Crippen LogP contribution in [0.15, 0.2) is 35.1 Å². The SMILES string of the molecule is COc1cccnc1-c1ccoc1C. The minimum atomic E-state index is 0.761. The lowest BCUT2D eigenvalue weighted by Gasteiger charge is -2.05. The van der Waals surface area contributed by atoms with E-state index < -0.39 is 0 Å². The summed E-state index contributed by atoms with van der Waals surface area (Å²) in [7, 11) is 1.63. The molecule has 0 saturated heterocycles. The van der Waals surface area contributed by atoms with Crippen molar-refractivity contribution < 1.29 is 9.15 Å². The van der Waals surface area contributed by atoms with Crippen molar-refractivity contribution in [3.63, 3.8) is 0 Å². The van der Waals surface area contributed by atoms with Crippen molar-refractivity contribution >= 4 is 0 Å². The predicted molar refractivity (Wildman–Crippen MR) is 53.2 cm³/mol. The van der Waals surface area contributed by atoms with Gasteiger partial charge in [0.15, 0.2) is 0 Å². The van der Waals surface area contributed by atoms with Crippen LogP contribution in [0.25, 0.3) is 11.3 Å². The monoisotopic (exact) mass is 189 g/mol. The molecule has 0 aliphatic rings. The number of ether oxygens (including phenoxy) is 1. The quantitative estimate of drug-likeness (QED) is 0.728. The highest BCUT2D eigenvalue weighted by Crippen LogP contribution is 2.29. The first-order valence-corrected chi connectivity index (χ1v) is 4.36. The van der Waals surface area contributed by atoms with Crippen molar-refractivity contribution in [2.45, 2.75) is 6.92 Å². The average Bonchev–Trinajstić information content (AvgIpc) is 2.64. The number of aryl methyl sites for hydroxylation is 1. The van der Waals surface area contributed by atoms with Gasteiger partial charge in [0.1, 0.15) is 17.2 Å². The molecule has 2 aromatic heterocycles. The zero-order valence-electron chi connectivity index (χ0n) is 8.15. The van der Waals surface area contributed by atoms with Gasteiger partial charge in [0, 0.05) is 11.8 Å². The Kier molecular flexibility index (Phi) is 2.23. The van der Waals surface area contributed by atoms with Gasteiger partial charge in [0.25, 0.3) is 0 Å². The van der Waals surface area contributed by atoms with Gasteiger partial charge in [-0.05, 0) is 25.1 Å². The number of nitrogens with zero attached hydrogens (tertiary/aromatic N) is 1. The third-order valence-electron chi connectivity index (χ3n) is 2.10. The molecule has 0 atom stereocenters. The Morgan fingerprint density at radius 1 is 1.36 bits per heavy atom. The van der Waals surface area contributed by atoms with Crippen LogP contribution in [-0.4, -0.2) is 12.1 Å². The fourth-order valence-electron chi connectivity index (χ4n) is 1.39. The molecule has 72 valence electrons. The largest absolute Gasteiger partial charge is 0.494 e. The lowest BCUT2D eigenvalue weighted by Crippen LogP contribution is -1.90. The number of furan rings is 1. The van der Waals surface area contributed by atoms with Gasteiger partial charge in [0.2, 0.25) is 0 Å². The van der Waals surface area contributed by atoms with Crippen molar-refractivity contribution in [1.82, 2.24) is 4.98 Å². The van der Waals surface area contributed by atoms with Crippen LogP contribution in [0.5, 0.6) is 5.75 Å². The number of aromatic nitrogens is 1. The number of rotatable bonds is 2. The summed E-state index contributed by atoms with van der Waals surface area (Å²) in [6.07, 6.45) is 3.39. The van der Waals surface area contributed by atoms with E-state index in [9.17, 15) is 0 Å². The molecule has 0 amide bonds. The second-order valence-corrected chi connectivity index (χ2v) is 2.94. The van der Waals surface area contributed by atoms with Crippen molar-refractivity contribution in [3.05, 3.63) is 36.4 Å². The standard InChI is InChI=1S/C11H11NO2/c1-8-9(5-7-14-8)11-10(13-2)4-3-6-12-11/h3-7H,1-2H3. The highest BCUT2D eigenvalue weighted by Gasteiger charge is 2.10. The maximum atomic E-state index is 5.22. The van der Waals surface area contributed by atoms with Gasteiger partial charge in [-0.1, -0.05) is 0 Å². The van der Waals surface area contributed by atoms with Crippen LogP contribution in [0.3, 0.4) is 0 Å². The zero-order valence-corrected chi connectivity index (χ0v) is 8.15. The van der Waals surface area contributed by atoms with Crippen LogP contribution in [0.1, 0.15) is 5.76 Å². The summed E-state index contributed by atoms with van der Waals surface area (Å²) in [5.41, 5.74) is 1.80. The first kappa shape index (κ1) is 8.81. The van der Waals surface area contributed by atoms with Crippen LogP contribution >= 0.6 is 0 Å². The van der Waals surface area contributed by atoms with Crippen LogP contribution in [-0.2, 0) is 0 Å². The third kappa shape index (κ3) is 1.37. The molecule has 0 bridgehead atoms. The molecule has 14 heavy (non-hydrogen) atoms. The van der Waals surface area contributed by atoms with Crippen LogP contribution in [0, 0.1) is 6.92 Å². The van der Waals surface area contributed by atoms with Crippen LogP contribution in [0.2, 0.25) is 0 Å². The smallest absolute Gasteiger partial charge is 0.145 e. The molecule has 3 nitrogen and oxygen atoms in total. The number of pyridine rings is 1. The van der Waals surface area contributed by atoms with Crippen molar-refractivity contribution in [2.75, 3.05) is 7.11 Å². The summed E-state index contributed by atoms with van der Waals surface area (Å²) in [4.78, 5) is 4.27. The van der Waals surface area contributed by atoms with Crippen molar-refractivity contribution in [3.8, 4) is 17.0 Å². The Morgan fingerprint density at radius 2 is 2.21 bits per heavy atom. The maximum Gasteiger partial charge on any atom is 0.145 e. The highest BCUT2D eigenvalue weighted by molar-refractivity contribution is 5.67. The van der Waals surface area contributed by atoms with E-state index in [1.807, 2.05) is 25.1 Å². The fourth-order valence-corrected chi connectivity index (χ4v) is 1.39. The molecule has 0 aliphatic carbocycles. The summed E-state index contributed by atoms with van der Waals surface area (Å²) < 4.78 is 10.4. The summed E-state index contributed by atoms with van der Waals surface area (Å²) in [6, 6.07) is 5.62. The molecule has 2 heterocycles. The van der Waals surface area contributed by atoms with Gasteiger partial charge in [-0.15, -0.1) is 0 Å². The lowest BCUT2D eigenvalue weighted by molar-refractivity contribution is 0.414. The zero-order chi connectivity index (χ0) is 9.97. The molecule has 2 aromatic rings. The van der Waals surface area contributed by atoms with E-state index >= 15 is 0 Å². The molecule has 0 unspecified atom stereocenters. The fraction of sp³-hybridized carbons (Fsp3) is 0.182. The Hall–Kier alpha value is -1.77. The third-order valence-corrected chi connectivity index (χ3v) is 2.10. The van der Waals surface area contributed by atoms with Gasteiger partial charge in [-0.2, -0.15) is 0 Å². The minimum Gasteiger partial charge on any atom is -0.494 e. The van der Waals surface area contributed by atoms with E-state index in [0.717, 1.165) is 22.8 Å². The summed E-state index contributed by atoms with van der Waals surface area (Å²) in [5, 5.41) is 0. The lowest BCUT2D eigenvalue weighted by atomic mass is 10.1. The molecule has 0 saturated carbocycles. The van der Waals surface area contributed by atoms with E-state index in [-0.39, 0.29) is 0 Å². The summed E-state index contributed by atoms with van der Waals surface area (Å²) >= 11 is 0. The Labute approximate surface area is 82.3 Å². The average molecular weight is 189 g/mol. The molecule has 0 aliphatic heterocycles. The van der Waals surface area contributed by atoms with Crippen molar-refractivity contribution in [2.24, 2.45) is 0 Å². The molecule has 0 spiro atoms. The van der Waals surface area contributed by atoms with Gasteiger partial charge in [-0.3, -0.25) is 4.98 Å². The predicted octanol–water partition coefficient (Wildman–Crippen LogP) is 2.66. The number of hydrogen-bond acceptors (Lipinski definition) is 3.